The van der Waals surface area contributed by atoms with Crippen molar-refractivity contribution >= 4 is 0 Å². The average Bonchev–Trinajstić information content (AvgIpc) is 0.863. The molecule has 0 aromatic heterocycles. The van der Waals surface area contributed by atoms with Crippen LogP contribution in [0, 0.1) is 111 Å². The molecule has 0 amide bonds. The summed E-state index contributed by atoms with van der Waals surface area (Å²) in [6.45, 7) is 51.3. The van der Waals surface area contributed by atoms with Gasteiger partial charge in [-0.1, -0.05) is 324 Å². The Morgan fingerprint density at radius 1 is 0.318 bits per heavy atom. The second-order valence-electron chi connectivity index (χ2n) is 29.8. The van der Waals surface area contributed by atoms with Crippen LogP contribution in [-0.4, -0.2) is 26.4 Å². The van der Waals surface area contributed by atoms with Crippen molar-refractivity contribution in [3.63, 3.8) is 0 Å². The maximum absolute atomic E-state index is 11.9. The molecule has 0 fully saturated rings. The van der Waals surface area contributed by atoms with Gasteiger partial charge in [0.05, 0.1) is 33.5 Å². The number of rotatable bonds is 11. The SMILES string of the molecule is CCCCc1ccc(C)cc1.CCCc1ccc(C)cc1.CCc1ccc(C)cc1.COc1ccc(C)cc1.COc1ccc(OC)c(C)c1.Cc1cc(C)c(C)c(C)c1.Cc1ccc(C(C)(C)C)cc1.Cc1ccc(C(C)C)cc1.Cc1ccc(C(F)(F)F)cc1.Cc1ccc(C)c(C)c1.Cc1ccc(CO)cc1. The highest BCUT2D eigenvalue weighted by Gasteiger charge is 2.29. The topological polar surface area (TPSA) is 47.9 Å². The fourth-order valence-corrected chi connectivity index (χ4v) is 10.2. The summed E-state index contributed by atoms with van der Waals surface area (Å²) in [6.07, 6.45) is 3.20. The quantitative estimate of drug-likeness (QED) is 0.140. The van der Waals surface area contributed by atoms with Crippen LogP contribution >= 0.6 is 0 Å². The molecule has 110 heavy (non-hydrogen) atoms. The summed E-state index contributed by atoms with van der Waals surface area (Å²) in [5.41, 5.74) is 28.6. The summed E-state index contributed by atoms with van der Waals surface area (Å²) in [5.74, 6) is 3.33. The van der Waals surface area contributed by atoms with E-state index < -0.39 is 11.7 Å². The van der Waals surface area contributed by atoms with E-state index in [4.69, 9.17) is 19.3 Å². The van der Waals surface area contributed by atoms with Crippen molar-refractivity contribution in [3.05, 3.63) is 371 Å². The van der Waals surface area contributed by atoms with Crippen molar-refractivity contribution in [3.8, 4) is 17.2 Å². The highest BCUT2D eigenvalue weighted by Crippen LogP contribution is 2.29. The number of aryl methyl sites for hydroxylation is 18. The Balaban J connectivity index is 0.000000605. The lowest BCUT2D eigenvalue weighted by atomic mass is 9.87. The molecule has 594 valence electrons. The molecule has 0 heterocycles. The first kappa shape index (κ1) is 98.6. The van der Waals surface area contributed by atoms with Crippen molar-refractivity contribution < 1.29 is 32.5 Å². The second kappa shape index (κ2) is 54.2. The summed E-state index contributed by atoms with van der Waals surface area (Å²) in [4.78, 5) is 0. The van der Waals surface area contributed by atoms with E-state index in [-0.39, 0.29) is 12.0 Å². The molecule has 0 aliphatic rings. The third-order valence-electron chi connectivity index (χ3n) is 18.1. The number of hydrogen-bond acceptors (Lipinski definition) is 4. The van der Waals surface area contributed by atoms with Crippen molar-refractivity contribution in [2.75, 3.05) is 21.3 Å². The molecule has 1 N–H and O–H groups in total. The largest absolute Gasteiger partial charge is 0.497 e. The van der Waals surface area contributed by atoms with E-state index >= 15 is 0 Å². The maximum Gasteiger partial charge on any atom is 0.416 e. The Morgan fingerprint density at radius 3 is 0.991 bits per heavy atom. The standard InChI is InChI=1S/2C11H16.3C10H14.C9H12O2.2C9H12.C8H7F3.2C8H10O/c1-9-5-7-10(8-6-9)11(2,3)4;1-3-4-5-11-8-6-10(2)7-9-11;1-7-5-8(2)10(4)9(3)6-7;1-8(2)10-6-4-9(3)5-7-10;1-3-4-10-7-5-9(2)6-8-10;1-7-6-8(10-2)4-5-9(7)11-3;1-7-4-5-8(2)9(3)6-7;1-3-9-6-4-8(2)5-7-9;1-6-2-4-7(5-3-6)8(9,10)11;1-7-3-5-8(9-2)6-4-7;1-7-2-4-8(6-9)5-3-7/h5-8H,1-4H3;6-9H,3-5H2,1-2H3;5-6H,1-4H3;4-8H,1-3H3;5-8H,3-4H2,1-2H3;4-6H,1-3H3;4-6H,1-3H3;4-7H,3H2,1-2H3;2-5H,1H3;3-6H,1-2H3;2-5,9H,6H2,1H3. The first-order chi connectivity index (χ1) is 51.9. The Bertz CT molecular complexity index is 3990. The number of unbranched alkanes of at least 4 members (excludes halogenated alkanes) is 1. The number of ether oxygens (including phenoxy) is 3. The van der Waals surface area contributed by atoms with Crippen molar-refractivity contribution in [1.82, 2.24) is 0 Å². The summed E-state index contributed by atoms with van der Waals surface area (Å²) in [6, 6.07) is 81.2. The van der Waals surface area contributed by atoms with Gasteiger partial charge in [0.15, 0.2) is 0 Å². The van der Waals surface area contributed by atoms with Crippen LogP contribution in [0.1, 0.15) is 209 Å². The molecule has 0 spiro atoms. The van der Waals surface area contributed by atoms with Crippen molar-refractivity contribution in [1.29, 1.82) is 0 Å². The van der Waals surface area contributed by atoms with Gasteiger partial charge in [-0.15, -0.1) is 0 Å². The summed E-state index contributed by atoms with van der Waals surface area (Å²) in [5, 5.41) is 8.63. The zero-order valence-electron chi connectivity index (χ0n) is 72.4. The van der Waals surface area contributed by atoms with Gasteiger partial charge < -0.3 is 19.3 Å². The molecule has 0 aliphatic heterocycles. The molecular weight excluding hydrogens is 1360 g/mol. The normalized spacial score (nSPS) is 10.1. The van der Waals surface area contributed by atoms with Crippen LogP contribution in [0.15, 0.2) is 243 Å². The highest BCUT2D eigenvalue weighted by molar-refractivity contribution is 5.40. The highest BCUT2D eigenvalue weighted by atomic mass is 19.4. The molecule has 11 aromatic carbocycles. The number of alkyl halides is 3. The van der Waals surface area contributed by atoms with E-state index in [2.05, 4.69) is 297 Å². The summed E-state index contributed by atoms with van der Waals surface area (Å²) < 4.78 is 50.9. The molecule has 0 saturated carbocycles. The van der Waals surface area contributed by atoms with Crippen LogP contribution in [0.25, 0.3) is 0 Å². The predicted molar refractivity (Wildman–Crippen MR) is 472 cm³/mol. The number of halogens is 3. The maximum atomic E-state index is 11.9. The van der Waals surface area contributed by atoms with Crippen LogP contribution in [0.5, 0.6) is 17.2 Å². The van der Waals surface area contributed by atoms with Crippen molar-refractivity contribution in [2.45, 2.75) is 229 Å². The monoisotopic (exact) mass is 1500 g/mol. The molecule has 0 aliphatic carbocycles. The van der Waals surface area contributed by atoms with Crippen LogP contribution in [-0.2, 0) is 37.5 Å². The molecule has 0 unspecified atom stereocenters. The van der Waals surface area contributed by atoms with Gasteiger partial charge in [0, 0.05) is 0 Å². The van der Waals surface area contributed by atoms with E-state index in [1.165, 1.54) is 150 Å². The summed E-state index contributed by atoms with van der Waals surface area (Å²) >= 11 is 0. The first-order valence-corrected chi connectivity index (χ1v) is 38.9. The fraction of sp³-hybridized carbons (Fsp3) is 0.359. The van der Waals surface area contributed by atoms with Crippen molar-refractivity contribution in [2.24, 2.45) is 0 Å². The molecule has 4 nitrogen and oxygen atoms in total. The van der Waals surface area contributed by atoms with Crippen LogP contribution in [0.4, 0.5) is 13.2 Å². The number of methoxy groups -OCH3 is 3. The molecule has 11 aromatic rings. The minimum Gasteiger partial charge on any atom is -0.497 e. The number of aliphatic hydroxyl groups is 1. The van der Waals surface area contributed by atoms with Gasteiger partial charge >= 0.3 is 6.18 Å². The number of hydrogen-bond donors (Lipinski definition) is 1. The Hall–Kier alpha value is -9.43. The zero-order valence-corrected chi connectivity index (χ0v) is 72.4. The van der Waals surface area contributed by atoms with Gasteiger partial charge in [-0.2, -0.15) is 13.2 Å². The van der Waals surface area contributed by atoms with Crippen LogP contribution in [0.2, 0.25) is 0 Å². The van der Waals surface area contributed by atoms with E-state index in [0.717, 1.165) is 52.5 Å². The Morgan fingerprint density at radius 2 is 0.664 bits per heavy atom. The molecule has 7 heteroatoms. The van der Waals surface area contributed by atoms with Crippen LogP contribution in [0.3, 0.4) is 0 Å². The smallest absolute Gasteiger partial charge is 0.416 e. The zero-order chi connectivity index (χ0) is 82.9. The van der Waals surface area contributed by atoms with E-state index in [9.17, 15) is 13.2 Å². The summed E-state index contributed by atoms with van der Waals surface area (Å²) in [7, 11) is 4.99. The van der Waals surface area contributed by atoms with E-state index in [1.54, 1.807) is 28.3 Å². The predicted octanol–water partition coefficient (Wildman–Crippen LogP) is 29.3. The van der Waals surface area contributed by atoms with Gasteiger partial charge in [0.25, 0.3) is 0 Å². The molecule has 0 atom stereocenters. The lowest BCUT2D eigenvalue weighted by Gasteiger charge is -2.18. The van der Waals surface area contributed by atoms with Crippen LogP contribution < -0.4 is 14.2 Å². The average molecular weight is 1500 g/mol. The van der Waals surface area contributed by atoms with Gasteiger partial charge in [0.1, 0.15) is 17.2 Å². The Kier molecular flexibility index (Phi) is 48.6. The number of benzene rings is 11. The van der Waals surface area contributed by atoms with E-state index in [0.29, 0.717) is 5.92 Å². The van der Waals surface area contributed by atoms with Gasteiger partial charge in [0.2, 0.25) is 0 Å². The molecule has 11 rings (SSSR count). The van der Waals surface area contributed by atoms with Gasteiger partial charge in [-0.3, -0.25) is 0 Å². The lowest BCUT2D eigenvalue weighted by molar-refractivity contribution is -0.137. The third kappa shape index (κ3) is 44.3. The molecule has 0 radical (unpaired) electrons. The fourth-order valence-electron chi connectivity index (χ4n) is 10.2. The Labute approximate surface area is 666 Å². The van der Waals surface area contributed by atoms with Gasteiger partial charge in [-0.05, 0) is 257 Å². The van der Waals surface area contributed by atoms with Gasteiger partial charge in [-0.25, -0.2) is 0 Å². The van der Waals surface area contributed by atoms with E-state index in [1.807, 2.05) is 80.6 Å². The first-order valence-electron chi connectivity index (χ1n) is 38.9. The lowest BCUT2D eigenvalue weighted by Crippen LogP contribution is -2.10. The molecule has 0 saturated heterocycles. The second-order valence-corrected chi connectivity index (χ2v) is 29.8. The third-order valence-corrected chi connectivity index (χ3v) is 18.1. The molecular formula is C103H137F3O4. The number of aliphatic hydroxyl groups excluding tert-OH is 1. The minimum absolute atomic E-state index is 0.139. The minimum atomic E-state index is -4.21. The molecule has 0 bridgehead atoms.